The number of pyridine rings is 1. The third-order valence-corrected chi connectivity index (χ3v) is 2.44. The van der Waals surface area contributed by atoms with Gasteiger partial charge in [0.2, 0.25) is 0 Å². The summed E-state index contributed by atoms with van der Waals surface area (Å²) in [6.07, 6.45) is -4.66. The normalized spacial score (nSPS) is 17.1. The van der Waals surface area contributed by atoms with Gasteiger partial charge in [0, 0.05) is 6.54 Å². The Kier molecular flexibility index (Phi) is 3.12. The van der Waals surface area contributed by atoms with Crippen molar-refractivity contribution in [1.82, 2.24) is 4.98 Å². The predicted molar refractivity (Wildman–Crippen MR) is 56.8 cm³/mol. The first-order chi connectivity index (χ1) is 8.39. The van der Waals surface area contributed by atoms with Gasteiger partial charge in [-0.05, 0) is 12.1 Å². The molecule has 1 aliphatic rings. The molecule has 0 spiro atoms. The second-order valence-electron chi connectivity index (χ2n) is 3.70. The van der Waals surface area contributed by atoms with Crippen LogP contribution in [0.3, 0.4) is 0 Å². The van der Waals surface area contributed by atoms with Gasteiger partial charge in [0.05, 0.1) is 12.3 Å². The number of rotatable bonds is 1. The van der Waals surface area contributed by atoms with Crippen LogP contribution in [-0.4, -0.2) is 30.6 Å². The molecule has 2 rings (SSSR count). The molecule has 0 radical (unpaired) electrons. The summed E-state index contributed by atoms with van der Waals surface area (Å²) < 4.78 is 43.3. The number of hydrogen-bond donors (Lipinski definition) is 1. The van der Waals surface area contributed by atoms with Crippen LogP contribution in [0.25, 0.3) is 0 Å². The minimum absolute atomic E-state index is 0.0630. The molecule has 0 unspecified atom stereocenters. The number of aromatic nitrogens is 1. The molecule has 8 heteroatoms. The minimum Gasteiger partial charge on any atom is -0.384 e. The molecule has 1 amide bonds. The van der Waals surface area contributed by atoms with Gasteiger partial charge in [0.25, 0.3) is 5.91 Å². The molecule has 5 nitrogen and oxygen atoms in total. The Morgan fingerprint density at radius 1 is 1.39 bits per heavy atom. The molecule has 0 saturated carbocycles. The SMILES string of the molecule is Nc1ccc(N2CCOCC2=O)c(C(F)(F)F)n1. The van der Waals surface area contributed by atoms with E-state index < -0.39 is 17.8 Å². The molecule has 0 aliphatic carbocycles. The summed E-state index contributed by atoms with van der Waals surface area (Å²) in [4.78, 5) is 15.8. The number of ether oxygens (including phenoxy) is 1. The van der Waals surface area contributed by atoms with Crippen LogP contribution in [0.15, 0.2) is 12.1 Å². The van der Waals surface area contributed by atoms with Crippen molar-refractivity contribution in [2.75, 3.05) is 30.4 Å². The van der Waals surface area contributed by atoms with Crippen LogP contribution >= 0.6 is 0 Å². The zero-order valence-electron chi connectivity index (χ0n) is 9.20. The van der Waals surface area contributed by atoms with Crippen LogP contribution in [0.2, 0.25) is 0 Å². The summed E-state index contributed by atoms with van der Waals surface area (Å²) in [5.41, 5.74) is 3.81. The molecule has 2 heterocycles. The highest BCUT2D eigenvalue weighted by atomic mass is 19.4. The fourth-order valence-electron chi connectivity index (χ4n) is 1.67. The molecule has 1 fully saturated rings. The smallest absolute Gasteiger partial charge is 0.384 e. The Balaban J connectivity index is 2.46. The Morgan fingerprint density at radius 2 is 2.11 bits per heavy atom. The maximum atomic E-state index is 12.8. The van der Waals surface area contributed by atoms with Crippen molar-refractivity contribution < 1.29 is 22.7 Å². The highest BCUT2D eigenvalue weighted by molar-refractivity contribution is 5.95. The van der Waals surface area contributed by atoms with Crippen molar-refractivity contribution in [2.45, 2.75) is 6.18 Å². The third-order valence-electron chi connectivity index (χ3n) is 2.44. The number of amides is 1. The number of carbonyl (C=O) groups is 1. The van der Waals surface area contributed by atoms with Crippen LogP contribution < -0.4 is 10.6 Å². The predicted octanol–water partition coefficient (Wildman–Crippen LogP) is 1.05. The zero-order valence-corrected chi connectivity index (χ0v) is 9.20. The van der Waals surface area contributed by atoms with E-state index in [1.54, 1.807) is 0 Å². The van der Waals surface area contributed by atoms with Gasteiger partial charge in [0.15, 0.2) is 5.69 Å². The zero-order chi connectivity index (χ0) is 13.3. The molecule has 1 aromatic rings. The monoisotopic (exact) mass is 261 g/mol. The molecular weight excluding hydrogens is 251 g/mol. The Labute approximate surface area is 100 Å². The van der Waals surface area contributed by atoms with Gasteiger partial charge in [-0.2, -0.15) is 13.2 Å². The largest absolute Gasteiger partial charge is 0.435 e. The molecule has 2 N–H and O–H groups in total. The summed E-state index contributed by atoms with van der Waals surface area (Å²) in [6.45, 7) is 0.0165. The highest BCUT2D eigenvalue weighted by Crippen LogP contribution is 2.36. The molecule has 0 aromatic carbocycles. The van der Waals surface area contributed by atoms with E-state index in [4.69, 9.17) is 10.5 Å². The highest BCUT2D eigenvalue weighted by Gasteiger charge is 2.38. The number of alkyl halides is 3. The number of hydrogen-bond acceptors (Lipinski definition) is 4. The van der Waals surface area contributed by atoms with E-state index in [9.17, 15) is 18.0 Å². The van der Waals surface area contributed by atoms with Gasteiger partial charge in [-0.1, -0.05) is 0 Å². The molecular formula is C10H10F3N3O2. The van der Waals surface area contributed by atoms with E-state index in [0.717, 1.165) is 11.0 Å². The number of nitrogens with zero attached hydrogens (tertiary/aromatic N) is 2. The average Bonchev–Trinajstić information content (AvgIpc) is 2.29. The van der Waals surface area contributed by atoms with Gasteiger partial charge in [-0.3, -0.25) is 4.79 Å². The first kappa shape index (κ1) is 12.6. The van der Waals surface area contributed by atoms with E-state index in [1.807, 2.05) is 0 Å². The van der Waals surface area contributed by atoms with Crippen molar-refractivity contribution in [1.29, 1.82) is 0 Å². The van der Waals surface area contributed by atoms with E-state index in [0.29, 0.717) is 0 Å². The Bertz CT molecular complexity index is 476. The number of morpholine rings is 1. The summed E-state index contributed by atoms with van der Waals surface area (Å²) in [5, 5.41) is 0. The summed E-state index contributed by atoms with van der Waals surface area (Å²) >= 11 is 0. The first-order valence-corrected chi connectivity index (χ1v) is 5.11. The maximum absolute atomic E-state index is 12.8. The van der Waals surface area contributed by atoms with Crippen LogP contribution in [0.4, 0.5) is 24.7 Å². The van der Waals surface area contributed by atoms with Gasteiger partial charge < -0.3 is 15.4 Å². The quantitative estimate of drug-likeness (QED) is 0.820. The lowest BCUT2D eigenvalue weighted by Gasteiger charge is -2.28. The van der Waals surface area contributed by atoms with Crippen LogP contribution in [0, 0.1) is 0 Å². The molecule has 18 heavy (non-hydrogen) atoms. The standard InChI is InChI=1S/C10H10F3N3O2/c11-10(12,13)9-6(1-2-7(14)15-9)16-3-4-18-5-8(16)17/h1-2H,3-5H2,(H2,14,15). The Hall–Kier alpha value is -1.83. The van der Waals surface area contributed by atoms with Crippen molar-refractivity contribution >= 4 is 17.4 Å². The molecule has 1 aliphatic heterocycles. The van der Waals surface area contributed by atoms with Gasteiger partial charge in [-0.25, -0.2) is 4.98 Å². The second kappa shape index (κ2) is 4.45. The number of halogens is 3. The van der Waals surface area contributed by atoms with E-state index >= 15 is 0 Å². The topological polar surface area (TPSA) is 68.4 Å². The lowest BCUT2D eigenvalue weighted by molar-refractivity contribution is -0.140. The molecule has 1 aromatic heterocycles. The lowest BCUT2D eigenvalue weighted by Crippen LogP contribution is -2.42. The number of nitrogen functional groups attached to an aromatic ring is 1. The molecule has 0 bridgehead atoms. The number of carbonyl (C=O) groups excluding carboxylic acids is 1. The molecule has 98 valence electrons. The van der Waals surface area contributed by atoms with E-state index in [-0.39, 0.29) is 31.3 Å². The van der Waals surface area contributed by atoms with Crippen LogP contribution in [0.5, 0.6) is 0 Å². The lowest BCUT2D eigenvalue weighted by atomic mass is 10.2. The summed E-state index contributed by atoms with van der Waals surface area (Å²) in [7, 11) is 0. The minimum atomic E-state index is -4.66. The Morgan fingerprint density at radius 3 is 2.72 bits per heavy atom. The van der Waals surface area contributed by atoms with Gasteiger partial charge in [0.1, 0.15) is 12.4 Å². The fourth-order valence-corrected chi connectivity index (χ4v) is 1.67. The van der Waals surface area contributed by atoms with Crippen LogP contribution in [-0.2, 0) is 15.7 Å². The number of anilines is 2. The summed E-state index contributed by atoms with van der Waals surface area (Å²) in [5.74, 6) is -0.773. The van der Waals surface area contributed by atoms with Crippen molar-refractivity contribution in [3.8, 4) is 0 Å². The molecule has 0 atom stereocenters. The van der Waals surface area contributed by atoms with Crippen molar-refractivity contribution in [3.05, 3.63) is 17.8 Å². The van der Waals surface area contributed by atoms with E-state index in [1.165, 1.54) is 6.07 Å². The maximum Gasteiger partial charge on any atom is 0.435 e. The first-order valence-electron chi connectivity index (χ1n) is 5.11. The van der Waals surface area contributed by atoms with Crippen molar-refractivity contribution in [3.63, 3.8) is 0 Å². The fraction of sp³-hybridized carbons (Fsp3) is 0.400. The van der Waals surface area contributed by atoms with E-state index in [2.05, 4.69) is 4.98 Å². The molecule has 1 saturated heterocycles. The summed E-state index contributed by atoms with van der Waals surface area (Å²) in [6, 6.07) is 2.38. The second-order valence-corrected chi connectivity index (χ2v) is 3.70. The average molecular weight is 261 g/mol. The number of nitrogens with two attached hydrogens (primary N) is 1. The van der Waals surface area contributed by atoms with Gasteiger partial charge >= 0.3 is 6.18 Å². The van der Waals surface area contributed by atoms with Crippen LogP contribution in [0.1, 0.15) is 5.69 Å². The van der Waals surface area contributed by atoms with Gasteiger partial charge in [-0.15, -0.1) is 0 Å². The van der Waals surface area contributed by atoms with Crippen molar-refractivity contribution in [2.24, 2.45) is 0 Å². The third kappa shape index (κ3) is 2.37.